The number of hydrogen-bond donors (Lipinski definition) is 0. The van der Waals surface area contributed by atoms with Crippen LogP contribution in [0.1, 0.15) is 31.4 Å². The fourth-order valence-electron chi connectivity index (χ4n) is 5.78. The number of ether oxygens (including phenoxy) is 3. The summed E-state index contributed by atoms with van der Waals surface area (Å²) >= 11 is 0. The van der Waals surface area contributed by atoms with Crippen LogP contribution in [0, 0.1) is 11.6 Å². The van der Waals surface area contributed by atoms with Crippen LogP contribution in [0.2, 0.25) is 0 Å². The first-order valence-electron chi connectivity index (χ1n) is 14.0. The quantitative estimate of drug-likeness (QED) is 0.295. The molecule has 0 N–H and O–H groups in total. The van der Waals surface area contributed by atoms with E-state index in [2.05, 4.69) is 4.99 Å². The van der Waals surface area contributed by atoms with Gasteiger partial charge in [0.05, 0.1) is 38.0 Å². The summed E-state index contributed by atoms with van der Waals surface area (Å²) in [6, 6.07) is 7.92. The van der Waals surface area contributed by atoms with E-state index in [1.165, 1.54) is 39.5 Å². The molecule has 2 atom stereocenters. The van der Waals surface area contributed by atoms with E-state index in [-0.39, 0.29) is 35.9 Å². The first-order valence-corrected chi connectivity index (χ1v) is 14.0. The summed E-state index contributed by atoms with van der Waals surface area (Å²) in [6.45, 7) is 3.20. The summed E-state index contributed by atoms with van der Waals surface area (Å²) in [7, 11) is 3.99. The molecule has 5 rings (SSSR count). The van der Waals surface area contributed by atoms with E-state index in [9.17, 15) is 22.4 Å². The van der Waals surface area contributed by atoms with Crippen molar-refractivity contribution in [2.24, 2.45) is 4.99 Å². The maximum atomic E-state index is 15.3. The van der Waals surface area contributed by atoms with Crippen LogP contribution in [0.5, 0.6) is 5.75 Å². The molecule has 0 amide bonds. The zero-order valence-electron chi connectivity index (χ0n) is 24.8. The van der Waals surface area contributed by atoms with Gasteiger partial charge in [0.2, 0.25) is 5.96 Å². The Morgan fingerprint density at radius 1 is 1.02 bits per heavy atom. The number of para-hydroxylation sites is 1. The van der Waals surface area contributed by atoms with Gasteiger partial charge in [0.25, 0.3) is 0 Å². The highest BCUT2D eigenvalue weighted by atomic mass is 19.4. The third-order valence-electron chi connectivity index (χ3n) is 8.35. The Morgan fingerprint density at radius 2 is 1.73 bits per heavy atom. The number of anilines is 1. The molecule has 1 fully saturated rings. The van der Waals surface area contributed by atoms with Crippen molar-refractivity contribution >= 4 is 23.3 Å². The number of benzene rings is 2. The average molecular weight is 621 g/mol. The summed E-state index contributed by atoms with van der Waals surface area (Å²) < 4.78 is 87.4. The van der Waals surface area contributed by atoms with Crippen LogP contribution in [0.3, 0.4) is 0 Å². The lowest BCUT2D eigenvalue weighted by Gasteiger charge is -2.49. The van der Waals surface area contributed by atoms with Crippen molar-refractivity contribution < 1.29 is 41.0 Å². The van der Waals surface area contributed by atoms with Gasteiger partial charge in [0.1, 0.15) is 17.1 Å². The Kier molecular flexibility index (Phi) is 8.61. The van der Waals surface area contributed by atoms with Gasteiger partial charge in [-0.15, -0.1) is 0 Å². The molecule has 2 aliphatic heterocycles. The molecular weight excluding hydrogens is 587 g/mol. The fraction of sp³-hybridized carbons (Fsp3) is 0.419. The van der Waals surface area contributed by atoms with Gasteiger partial charge in [-0.05, 0) is 31.2 Å². The van der Waals surface area contributed by atoms with Crippen LogP contribution < -0.4 is 9.64 Å². The first kappa shape index (κ1) is 31.3. The second kappa shape index (κ2) is 12.1. The maximum absolute atomic E-state index is 15.3. The Morgan fingerprint density at radius 3 is 2.36 bits per heavy atom. The third kappa shape index (κ3) is 5.84. The predicted molar refractivity (Wildman–Crippen MR) is 154 cm³/mol. The Bertz CT molecular complexity index is 1520. The molecule has 2 unspecified atom stereocenters. The molecular formula is C31H33F5N4O4. The molecule has 2 heterocycles. The molecule has 1 aliphatic carbocycles. The molecule has 13 heteroatoms. The highest BCUT2D eigenvalue weighted by Gasteiger charge is 2.47. The minimum Gasteiger partial charge on any atom is -0.494 e. The number of carbonyl (C=O) groups excluding carboxylic acids is 1. The van der Waals surface area contributed by atoms with Gasteiger partial charge in [-0.3, -0.25) is 4.79 Å². The normalized spacial score (nSPS) is 22.2. The average Bonchev–Trinajstić information content (AvgIpc) is 3.01. The van der Waals surface area contributed by atoms with E-state index >= 15 is 4.39 Å². The molecule has 0 saturated carbocycles. The zero-order chi connectivity index (χ0) is 31.8. The van der Waals surface area contributed by atoms with Crippen LogP contribution in [0.15, 0.2) is 64.8 Å². The molecule has 2 aromatic rings. The van der Waals surface area contributed by atoms with Crippen molar-refractivity contribution in [3.8, 4) is 5.75 Å². The predicted octanol–water partition coefficient (Wildman–Crippen LogP) is 5.88. The lowest BCUT2D eigenvalue weighted by Crippen LogP contribution is -2.57. The van der Waals surface area contributed by atoms with Crippen molar-refractivity contribution in [1.29, 1.82) is 0 Å². The van der Waals surface area contributed by atoms with Crippen LogP contribution in [-0.4, -0.2) is 81.0 Å². The van der Waals surface area contributed by atoms with Crippen molar-refractivity contribution in [2.45, 2.75) is 37.6 Å². The van der Waals surface area contributed by atoms with Crippen molar-refractivity contribution in [1.82, 2.24) is 9.80 Å². The van der Waals surface area contributed by atoms with Crippen LogP contribution >= 0.6 is 0 Å². The lowest BCUT2D eigenvalue weighted by molar-refractivity contribution is -0.141. The number of fused-ring (bicyclic) bond motifs is 1. The number of aliphatic imine (C=N–C) groups is 1. The van der Waals surface area contributed by atoms with Gasteiger partial charge in [-0.1, -0.05) is 18.2 Å². The fourth-order valence-corrected chi connectivity index (χ4v) is 5.78. The van der Waals surface area contributed by atoms with Gasteiger partial charge in [0.15, 0.2) is 11.6 Å². The third-order valence-corrected chi connectivity index (χ3v) is 8.35. The Balaban J connectivity index is 1.60. The Labute approximate surface area is 252 Å². The Hall–Kier alpha value is -4.13. The maximum Gasteiger partial charge on any atom is 0.416 e. The van der Waals surface area contributed by atoms with E-state index < -0.39 is 41.0 Å². The monoisotopic (exact) mass is 620 g/mol. The highest BCUT2D eigenvalue weighted by molar-refractivity contribution is 5.89. The van der Waals surface area contributed by atoms with Crippen molar-refractivity contribution in [3.05, 3.63) is 77.0 Å². The van der Waals surface area contributed by atoms with Crippen LogP contribution in [0.4, 0.5) is 33.3 Å². The number of esters is 1. The number of alkyl halides is 3. The van der Waals surface area contributed by atoms with Crippen molar-refractivity contribution in [3.63, 3.8) is 0 Å². The van der Waals surface area contributed by atoms with E-state index in [1.807, 2.05) is 9.80 Å². The number of piperazine rings is 1. The van der Waals surface area contributed by atoms with Crippen LogP contribution in [0.25, 0.3) is 0 Å². The van der Waals surface area contributed by atoms with E-state index in [0.717, 1.165) is 17.8 Å². The molecule has 0 spiro atoms. The summed E-state index contributed by atoms with van der Waals surface area (Å²) in [5.74, 6) is -1.47. The van der Waals surface area contributed by atoms with Gasteiger partial charge < -0.3 is 28.9 Å². The molecule has 44 heavy (non-hydrogen) atoms. The van der Waals surface area contributed by atoms with E-state index in [4.69, 9.17) is 14.2 Å². The number of allylic oxidation sites excluding steroid dienone is 2. The zero-order valence-corrected chi connectivity index (χ0v) is 24.8. The van der Waals surface area contributed by atoms with E-state index in [0.29, 0.717) is 31.7 Å². The van der Waals surface area contributed by atoms with Gasteiger partial charge >= 0.3 is 12.1 Å². The van der Waals surface area contributed by atoms with Gasteiger partial charge in [-0.25, -0.2) is 13.8 Å². The molecule has 0 aromatic heterocycles. The topological polar surface area (TPSA) is 66.8 Å². The minimum absolute atomic E-state index is 0.000435. The molecule has 1 saturated heterocycles. The molecule has 2 aromatic carbocycles. The van der Waals surface area contributed by atoms with Crippen LogP contribution in [-0.2, 0) is 14.3 Å². The summed E-state index contributed by atoms with van der Waals surface area (Å²) in [5.41, 5.74) is -0.908. The number of rotatable bonds is 6. The molecule has 8 nitrogen and oxygen atoms in total. The van der Waals surface area contributed by atoms with Crippen molar-refractivity contribution in [2.75, 3.05) is 52.4 Å². The van der Waals surface area contributed by atoms with Gasteiger partial charge in [-0.2, -0.15) is 13.2 Å². The number of guanidine groups is 1. The number of carbonyl (C=O) groups is 1. The minimum atomic E-state index is -4.64. The highest BCUT2D eigenvalue weighted by Crippen LogP contribution is 2.47. The number of halogens is 5. The molecule has 3 aliphatic rings. The second-order valence-electron chi connectivity index (χ2n) is 10.9. The standard InChI is InChI=1S/C31H33F5N4O4/c1-30(44-4)11-10-19(31(34,35)36)16-26(30)40-24(18-27(41)43-3)21-6-5-7-23(33)28(21)37-29(40)39-14-12-38(13-15-39)20-8-9-22(32)25(17-20)42-2/h5-10,16-17,24H,11-15,18H2,1-4H3. The van der Waals surface area contributed by atoms with E-state index in [1.54, 1.807) is 30.0 Å². The van der Waals surface area contributed by atoms with Gasteiger partial charge in [0, 0.05) is 57.0 Å². The summed E-state index contributed by atoms with van der Waals surface area (Å²) in [5, 5.41) is 0. The smallest absolute Gasteiger partial charge is 0.416 e. The summed E-state index contributed by atoms with van der Waals surface area (Å²) in [4.78, 5) is 22.8. The largest absolute Gasteiger partial charge is 0.494 e. The number of nitrogens with zero attached hydrogens (tertiary/aromatic N) is 4. The molecule has 236 valence electrons. The molecule has 0 radical (unpaired) electrons. The number of methoxy groups -OCH3 is 3. The first-order chi connectivity index (χ1) is 20.9. The number of hydrogen-bond acceptors (Lipinski definition) is 8. The lowest BCUT2D eigenvalue weighted by atomic mass is 9.86. The molecule has 0 bridgehead atoms. The SMILES string of the molecule is COC(=O)CC1c2cccc(F)c2N=C(N2CCN(c3ccc(F)c(OC)c3)CC2)N1C1=CC(C(F)(F)F)=CCC1(C)OC. The summed E-state index contributed by atoms with van der Waals surface area (Å²) in [6.07, 6.45) is -2.94. The second-order valence-corrected chi connectivity index (χ2v) is 10.9.